The number of hydrogen-bond donors (Lipinski definition) is 2. The molecular formula is C23H20N4O3S. The summed E-state index contributed by atoms with van der Waals surface area (Å²) in [6.45, 7) is 0. The van der Waals surface area contributed by atoms with Crippen molar-refractivity contribution >= 4 is 32.5 Å². The summed E-state index contributed by atoms with van der Waals surface area (Å²) in [4.78, 5) is 23.6. The summed E-state index contributed by atoms with van der Waals surface area (Å²) in [5.41, 5.74) is 1.99. The predicted molar refractivity (Wildman–Crippen MR) is 117 cm³/mol. The third-order valence-electron chi connectivity index (χ3n) is 5.64. The van der Waals surface area contributed by atoms with Crippen LogP contribution >= 0.6 is 0 Å². The first kappa shape index (κ1) is 19.4. The van der Waals surface area contributed by atoms with E-state index in [1.54, 1.807) is 36.7 Å². The van der Waals surface area contributed by atoms with Crippen molar-refractivity contribution in [1.29, 1.82) is 0 Å². The van der Waals surface area contributed by atoms with Gasteiger partial charge in [0.05, 0.1) is 4.90 Å². The Labute approximate surface area is 179 Å². The van der Waals surface area contributed by atoms with Gasteiger partial charge in [0.1, 0.15) is 5.78 Å². The molecule has 2 atom stereocenters. The molecule has 0 unspecified atom stereocenters. The van der Waals surface area contributed by atoms with Gasteiger partial charge in [-0.3, -0.25) is 9.78 Å². The van der Waals surface area contributed by atoms with Gasteiger partial charge < -0.3 is 4.98 Å². The molecule has 7 nitrogen and oxygen atoms in total. The molecule has 1 saturated carbocycles. The Kier molecular flexibility index (Phi) is 4.78. The van der Waals surface area contributed by atoms with Crippen LogP contribution in [0.3, 0.4) is 0 Å². The van der Waals surface area contributed by atoms with Crippen LogP contribution in [0.5, 0.6) is 0 Å². The number of ketones is 1. The molecule has 2 heterocycles. The van der Waals surface area contributed by atoms with Gasteiger partial charge in [0, 0.05) is 42.5 Å². The van der Waals surface area contributed by atoms with E-state index in [0.717, 1.165) is 28.3 Å². The van der Waals surface area contributed by atoms with Crippen molar-refractivity contribution in [3.05, 3.63) is 84.4 Å². The number of Topliss-reactive ketones (excluding diaryl/α,β-unsaturated/α-hetero) is 1. The van der Waals surface area contributed by atoms with Crippen LogP contribution in [0.15, 0.2) is 78.2 Å². The van der Waals surface area contributed by atoms with E-state index in [0.29, 0.717) is 6.42 Å². The first-order valence-corrected chi connectivity index (χ1v) is 11.5. The largest absolute Gasteiger partial charge is 0.330 e. The standard InChI is InChI=1S/C23H20N4O3S/c28-22(12-15-1-2-18-14-24-8-7-17(18)11-15)21-13-20(21)16-3-5-19(6-4-16)31(29,30)27-23-25-9-10-26-23/h1-11,14,20-21H,12-13H2,(H2,25,26,27)/t20-,21+/m0/s1. The summed E-state index contributed by atoms with van der Waals surface area (Å²) < 4.78 is 27.3. The average Bonchev–Trinajstić information content (AvgIpc) is 3.43. The van der Waals surface area contributed by atoms with Crippen LogP contribution < -0.4 is 4.72 Å². The van der Waals surface area contributed by atoms with Crippen LogP contribution in [0.25, 0.3) is 10.8 Å². The van der Waals surface area contributed by atoms with Crippen molar-refractivity contribution in [2.45, 2.75) is 23.7 Å². The molecule has 2 aromatic carbocycles. The summed E-state index contributed by atoms with van der Waals surface area (Å²) in [6, 6.07) is 14.7. The van der Waals surface area contributed by atoms with Gasteiger partial charge >= 0.3 is 0 Å². The molecular weight excluding hydrogens is 412 g/mol. The Morgan fingerprint density at radius 3 is 2.68 bits per heavy atom. The SMILES string of the molecule is O=C(Cc1ccc2cnccc2c1)[C@@H]1C[C@H]1c1ccc(S(=O)(=O)Nc2ncc[nH]2)cc1. The molecule has 1 aliphatic rings. The van der Waals surface area contributed by atoms with Crippen molar-refractivity contribution in [3.8, 4) is 0 Å². The number of sulfonamides is 1. The van der Waals surface area contributed by atoms with Crippen molar-refractivity contribution in [3.63, 3.8) is 0 Å². The quantitative estimate of drug-likeness (QED) is 0.464. The number of pyridine rings is 1. The second-order valence-electron chi connectivity index (χ2n) is 7.76. The molecule has 31 heavy (non-hydrogen) atoms. The maximum atomic E-state index is 12.8. The molecule has 0 aliphatic heterocycles. The third kappa shape index (κ3) is 4.06. The highest BCUT2D eigenvalue weighted by atomic mass is 32.2. The third-order valence-corrected chi connectivity index (χ3v) is 6.99. The molecule has 1 fully saturated rings. The van der Waals surface area contributed by atoms with Crippen LogP contribution in [0, 0.1) is 5.92 Å². The number of H-pyrrole nitrogens is 1. The lowest BCUT2D eigenvalue weighted by molar-refractivity contribution is -0.119. The number of fused-ring (bicyclic) bond motifs is 1. The van der Waals surface area contributed by atoms with Gasteiger partial charge in [-0.25, -0.2) is 18.1 Å². The monoisotopic (exact) mass is 432 g/mol. The minimum atomic E-state index is -3.71. The second-order valence-corrected chi connectivity index (χ2v) is 9.44. The van der Waals surface area contributed by atoms with Gasteiger partial charge in [0.15, 0.2) is 0 Å². The van der Waals surface area contributed by atoms with E-state index in [1.165, 1.54) is 6.20 Å². The first-order valence-electron chi connectivity index (χ1n) is 9.97. The second kappa shape index (κ2) is 7.63. The van der Waals surface area contributed by atoms with Gasteiger partial charge in [0.2, 0.25) is 5.95 Å². The number of benzene rings is 2. The lowest BCUT2D eigenvalue weighted by Gasteiger charge is -2.07. The number of anilines is 1. The summed E-state index contributed by atoms with van der Waals surface area (Å²) in [5.74, 6) is 0.514. The van der Waals surface area contributed by atoms with E-state index in [2.05, 4.69) is 19.7 Å². The van der Waals surface area contributed by atoms with Crippen LogP contribution in [-0.4, -0.2) is 29.2 Å². The predicted octanol–water partition coefficient (Wildman–Crippen LogP) is 3.67. The van der Waals surface area contributed by atoms with Crippen LogP contribution in [0.1, 0.15) is 23.5 Å². The lowest BCUT2D eigenvalue weighted by Crippen LogP contribution is -2.14. The van der Waals surface area contributed by atoms with Gasteiger partial charge in [-0.2, -0.15) is 0 Å². The number of imidazole rings is 1. The van der Waals surface area contributed by atoms with Gasteiger partial charge in [-0.05, 0) is 47.1 Å². The van der Waals surface area contributed by atoms with E-state index < -0.39 is 10.0 Å². The Morgan fingerprint density at radius 2 is 1.90 bits per heavy atom. The average molecular weight is 433 g/mol. The molecule has 2 aromatic heterocycles. The molecule has 8 heteroatoms. The molecule has 0 saturated heterocycles. The normalized spacial score (nSPS) is 18.1. The Morgan fingerprint density at radius 1 is 1.06 bits per heavy atom. The molecule has 0 spiro atoms. The molecule has 0 bridgehead atoms. The smallest absolute Gasteiger partial charge is 0.264 e. The van der Waals surface area contributed by atoms with E-state index in [1.807, 2.05) is 30.5 Å². The highest BCUT2D eigenvalue weighted by Gasteiger charge is 2.43. The molecule has 156 valence electrons. The highest BCUT2D eigenvalue weighted by molar-refractivity contribution is 7.92. The molecule has 1 aliphatic carbocycles. The maximum absolute atomic E-state index is 12.8. The summed E-state index contributed by atoms with van der Waals surface area (Å²) >= 11 is 0. The fourth-order valence-corrected chi connectivity index (χ4v) is 4.87. The number of carbonyl (C=O) groups excluding carboxylic acids is 1. The molecule has 2 N–H and O–H groups in total. The topological polar surface area (TPSA) is 105 Å². The van der Waals surface area contributed by atoms with Crippen LogP contribution in [0.2, 0.25) is 0 Å². The maximum Gasteiger partial charge on any atom is 0.264 e. The van der Waals surface area contributed by atoms with E-state index in [9.17, 15) is 13.2 Å². The zero-order valence-corrected chi connectivity index (χ0v) is 17.3. The van der Waals surface area contributed by atoms with Crippen LogP contribution in [-0.2, 0) is 21.2 Å². The van der Waals surface area contributed by atoms with Gasteiger partial charge in [-0.1, -0.05) is 30.3 Å². The zero-order chi connectivity index (χ0) is 21.4. The fraction of sp³-hybridized carbons (Fsp3) is 0.174. The number of nitrogens with one attached hydrogen (secondary N) is 2. The number of aromatic nitrogens is 3. The number of hydrogen-bond acceptors (Lipinski definition) is 5. The minimum Gasteiger partial charge on any atom is -0.330 e. The van der Waals surface area contributed by atoms with E-state index >= 15 is 0 Å². The van der Waals surface area contributed by atoms with Crippen molar-refractivity contribution < 1.29 is 13.2 Å². The Balaban J connectivity index is 1.24. The van der Waals surface area contributed by atoms with Crippen molar-refractivity contribution in [1.82, 2.24) is 15.0 Å². The number of nitrogens with zero attached hydrogens (tertiary/aromatic N) is 2. The van der Waals surface area contributed by atoms with Gasteiger partial charge in [0.25, 0.3) is 10.0 Å². The number of aromatic amines is 1. The molecule has 5 rings (SSSR count). The molecule has 0 radical (unpaired) electrons. The summed E-state index contributed by atoms with van der Waals surface area (Å²) in [7, 11) is -3.71. The van der Waals surface area contributed by atoms with Gasteiger partial charge in [-0.15, -0.1) is 0 Å². The zero-order valence-electron chi connectivity index (χ0n) is 16.5. The fourth-order valence-electron chi connectivity index (χ4n) is 3.90. The highest BCUT2D eigenvalue weighted by Crippen LogP contribution is 2.48. The van der Waals surface area contributed by atoms with E-state index in [4.69, 9.17) is 0 Å². The lowest BCUT2D eigenvalue weighted by atomic mass is 10.0. The Bertz CT molecular complexity index is 1350. The Hall–Kier alpha value is -3.52. The van der Waals surface area contributed by atoms with Crippen LogP contribution in [0.4, 0.5) is 5.95 Å². The number of rotatable bonds is 7. The van der Waals surface area contributed by atoms with Crippen molar-refractivity contribution in [2.75, 3.05) is 4.72 Å². The summed E-state index contributed by atoms with van der Waals surface area (Å²) in [6.07, 6.45) is 7.78. The van der Waals surface area contributed by atoms with E-state index in [-0.39, 0.29) is 28.5 Å². The van der Waals surface area contributed by atoms with Crippen molar-refractivity contribution in [2.24, 2.45) is 5.92 Å². The number of carbonyl (C=O) groups is 1. The molecule has 0 amide bonds. The minimum absolute atomic E-state index is 0.0168. The molecule has 4 aromatic rings. The first-order chi connectivity index (χ1) is 15.0. The summed E-state index contributed by atoms with van der Waals surface area (Å²) in [5, 5.41) is 2.13.